The summed E-state index contributed by atoms with van der Waals surface area (Å²) in [4.78, 5) is 13.0. The third kappa shape index (κ3) is 4.93. The molecule has 1 aromatic carbocycles. The number of nitrogens with one attached hydrogen (secondary N) is 1. The topological polar surface area (TPSA) is 76.4 Å². The molecule has 5 nitrogen and oxygen atoms in total. The fourth-order valence-electron chi connectivity index (χ4n) is 2.70. The van der Waals surface area contributed by atoms with Crippen LogP contribution >= 0.6 is 11.6 Å². The van der Waals surface area contributed by atoms with Gasteiger partial charge in [-0.1, -0.05) is 46.2 Å². The van der Waals surface area contributed by atoms with Crippen molar-refractivity contribution in [2.45, 2.75) is 52.0 Å². The molecule has 0 bridgehead atoms. The maximum Gasteiger partial charge on any atom is 0.253 e. The maximum atomic E-state index is 12.9. The van der Waals surface area contributed by atoms with Crippen LogP contribution in [0.5, 0.6) is 0 Å². The van der Waals surface area contributed by atoms with E-state index in [-0.39, 0.29) is 26.6 Å². The lowest BCUT2D eigenvalue weighted by atomic mass is 9.85. The molecule has 0 aliphatic heterocycles. The van der Waals surface area contributed by atoms with Crippen LogP contribution in [0, 0.1) is 5.41 Å². The van der Waals surface area contributed by atoms with Crippen molar-refractivity contribution in [2.75, 3.05) is 5.75 Å². The molecule has 0 radical (unpaired) electrons. The number of hydrogen-bond donors (Lipinski definition) is 1. The fraction of sp³-hybridized carbons (Fsp3) is 0.450. The lowest BCUT2D eigenvalue weighted by Crippen LogP contribution is -2.36. The van der Waals surface area contributed by atoms with Crippen molar-refractivity contribution in [3.05, 3.63) is 52.4 Å². The molecular weight excluding hydrogens is 386 g/mol. The van der Waals surface area contributed by atoms with E-state index in [4.69, 9.17) is 16.0 Å². The molecule has 1 heterocycles. The minimum Gasteiger partial charge on any atom is -0.464 e. The highest BCUT2D eigenvalue weighted by Gasteiger charge is 2.31. The molecule has 0 aliphatic rings. The van der Waals surface area contributed by atoms with E-state index in [9.17, 15) is 13.2 Å². The molecule has 1 N–H and O–H groups in total. The number of sulfone groups is 1. The molecule has 2 rings (SSSR count). The summed E-state index contributed by atoms with van der Waals surface area (Å²) in [7, 11) is -3.44. The highest BCUT2D eigenvalue weighted by Crippen LogP contribution is 2.34. The number of benzene rings is 1. The monoisotopic (exact) mass is 411 g/mol. The average molecular weight is 412 g/mol. The van der Waals surface area contributed by atoms with Crippen molar-refractivity contribution in [3.8, 4) is 0 Å². The Morgan fingerprint density at radius 1 is 1.19 bits per heavy atom. The Balaban J connectivity index is 2.39. The van der Waals surface area contributed by atoms with E-state index in [1.807, 2.05) is 39.8 Å². The Bertz CT molecular complexity index is 926. The van der Waals surface area contributed by atoms with Gasteiger partial charge in [-0.3, -0.25) is 4.79 Å². The van der Waals surface area contributed by atoms with Crippen molar-refractivity contribution < 1.29 is 17.6 Å². The quantitative estimate of drug-likeness (QED) is 0.740. The first-order chi connectivity index (χ1) is 12.5. The second kappa shape index (κ2) is 8.07. The fourth-order valence-corrected chi connectivity index (χ4v) is 3.81. The number of aryl methyl sites for hydroxylation is 1. The molecule has 1 amide bonds. The van der Waals surface area contributed by atoms with Gasteiger partial charge in [0.05, 0.1) is 27.3 Å². The molecule has 1 atom stereocenters. The van der Waals surface area contributed by atoms with Crippen LogP contribution in [0.2, 0.25) is 5.02 Å². The SMILES string of the molecule is CCc1ccc(C(NC(=O)c2cc(S(=O)(=O)CC)ccc2Cl)C(C)(C)C)o1. The molecule has 7 heteroatoms. The van der Waals surface area contributed by atoms with Gasteiger partial charge < -0.3 is 9.73 Å². The Kier molecular flexibility index (Phi) is 6.43. The predicted octanol–water partition coefficient (Wildman–Crippen LogP) is 4.81. The Morgan fingerprint density at radius 3 is 2.37 bits per heavy atom. The number of furan rings is 1. The molecule has 0 aliphatic carbocycles. The highest BCUT2D eigenvalue weighted by molar-refractivity contribution is 7.91. The number of halogens is 1. The molecule has 27 heavy (non-hydrogen) atoms. The summed E-state index contributed by atoms with van der Waals surface area (Å²) in [6, 6.07) is 7.53. The zero-order chi connectivity index (χ0) is 20.4. The third-order valence-corrected chi connectivity index (χ3v) is 6.44. The van der Waals surface area contributed by atoms with Crippen LogP contribution in [0.25, 0.3) is 0 Å². The van der Waals surface area contributed by atoms with Gasteiger partial charge in [0.2, 0.25) is 0 Å². The molecule has 1 unspecified atom stereocenters. The number of carbonyl (C=O) groups excluding carboxylic acids is 1. The zero-order valence-electron chi connectivity index (χ0n) is 16.3. The third-order valence-electron chi connectivity index (χ3n) is 4.38. The van der Waals surface area contributed by atoms with Crippen LogP contribution < -0.4 is 5.32 Å². The number of carbonyl (C=O) groups is 1. The molecule has 0 fully saturated rings. The van der Waals surface area contributed by atoms with Gasteiger partial charge in [-0.2, -0.15) is 0 Å². The summed E-state index contributed by atoms with van der Waals surface area (Å²) in [5, 5.41) is 3.15. The van der Waals surface area contributed by atoms with Crippen molar-refractivity contribution in [3.63, 3.8) is 0 Å². The van der Waals surface area contributed by atoms with E-state index < -0.39 is 21.8 Å². The van der Waals surface area contributed by atoms with Crippen molar-refractivity contribution in [2.24, 2.45) is 5.41 Å². The van der Waals surface area contributed by atoms with Gasteiger partial charge >= 0.3 is 0 Å². The molecule has 0 saturated heterocycles. The van der Waals surface area contributed by atoms with E-state index in [0.717, 1.165) is 12.2 Å². The minimum atomic E-state index is -3.44. The Labute approximate surface area is 166 Å². The summed E-state index contributed by atoms with van der Waals surface area (Å²) < 4.78 is 30.1. The minimum absolute atomic E-state index is 0.0491. The summed E-state index contributed by atoms with van der Waals surface area (Å²) in [5.74, 6) is 0.998. The highest BCUT2D eigenvalue weighted by atomic mass is 35.5. The van der Waals surface area contributed by atoms with E-state index >= 15 is 0 Å². The Morgan fingerprint density at radius 2 is 1.85 bits per heavy atom. The second-order valence-electron chi connectivity index (χ2n) is 7.48. The van der Waals surface area contributed by atoms with Crippen LogP contribution in [-0.2, 0) is 16.3 Å². The molecule has 0 spiro atoms. The van der Waals surface area contributed by atoms with E-state index in [1.54, 1.807) is 6.92 Å². The van der Waals surface area contributed by atoms with Gasteiger partial charge in [0, 0.05) is 6.42 Å². The maximum absolute atomic E-state index is 12.9. The first-order valence-electron chi connectivity index (χ1n) is 8.91. The second-order valence-corrected chi connectivity index (χ2v) is 10.2. The van der Waals surface area contributed by atoms with Crippen molar-refractivity contribution in [1.29, 1.82) is 0 Å². The molecule has 148 valence electrons. The van der Waals surface area contributed by atoms with Crippen LogP contribution in [0.3, 0.4) is 0 Å². The summed E-state index contributed by atoms with van der Waals surface area (Å²) in [6.45, 7) is 9.53. The van der Waals surface area contributed by atoms with E-state index in [0.29, 0.717) is 5.76 Å². The Hall–Kier alpha value is -1.79. The summed E-state index contributed by atoms with van der Waals surface area (Å²) in [6.07, 6.45) is 0.757. The normalized spacial score (nSPS) is 13.4. The van der Waals surface area contributed by atoms with Crippen LogP contribution in [0.4, 0.5) is 0 Å². The van der Waals surface area contributed by atoms with Crippen molar-refractivity contribution in [1.82, 2.24) is 5.32 Å². The van der Waals surface area contributed by atoms with Crippen molar-refractivity contribution >= 4 is 27.3 Å². The lowest BCUT2D eigenvalue weighted by Gasteiger charge is -2.30. The van der Waals surface area contributed by atoms with E-state index in [1.165, 1.54) is 18.2 Å². The number of hydrogen-bond acceptors (Lipinski definition) is 4. The number of amides is 1. The molecular formula is C20H26ClNO4S. The van der Waals surface area contributed by atoms with Gasteiger partial charge in [-0.15, -0.1) is 0 Å². The largest absolute Gasteiger partial charge is 0.464 e. The standard InChI is InChI=1S/C20H26ClNO4S/c1-6-13-8-11-17(26-13)18(20(3,4)5)22-19(23)15-12-14(9-10-16(15)21)27(24,25)7-2/h8-12,18H,6-7H2,1-5H3,(H,22,23). The van der Waals surface area contributed by atoms with Gasteiger partial charge in [0.15, 0.2) is 9.84 Å². The summed E-state index contributed by atoms with van der Waals surface area (Å²) in [5.41, 5.74) is -0.194. The van der Waals surface area contributed by atoms with Crippen LogP contribution in [0.15, 0.2) is 39.6 Å². The van der Waals surface area contributed by atoms with Gasteiger partial charge in [-0.25, -0.2) is 8.42 Å². The molecule has 1 aromatic heterocycles. The van der Waals surface area contributed by atoms with Gasteiger partial charge in [0.1, 0.15) is 11.5 Å². The predicted molar refractivity (Wildman–Crippen MR) is 107 cm³/mol. The van der Waals surface area contributed by atoms with Crippen LogP contribution in [-0.4, -0.2) is 20.1 Å². The van der Waals surface area contributed by atoms with E-state index in [2.05, 4.69) is 5.32 Å². The van der Waals surface area contributed by atoms with Gasteiger partial charge in [-0.05, 0) is 35.7 Å². The summed E-state index contributed by atoms with van der Waals surface area (Å²) >= 11 is 6.18. The molecule has 2 aromatic rings. The van der Waals surface area contributed by atoms with Crippen LogP contribution in [0.1, 0.15) is 62.5 Å². The first-order valence-corrected chi connectivity index (χ1v) is 10.9. The smallest absolute Gasteiger partial charge is 0.253 e. The lowest BCUT2D eigenvalue weighted by molar-refractivity contribution is 0.0888. The average Bonchev–Trinajstić information content (AvgIpc) is 3.07. The zero-order valence-corrected chi connectivity index (χ0v) is 17.9. The van der Waals surface area contributed by atoms with Gasteiger partial charge in [0.25, 0.3) is 5.91 Å². The number of rotatable bonds is 6. The first kappa shape index (κ1) is 21.5. The molecule has 0 saturated carbocycles.